The van der Waals surface area contributed by atoms with Crippen LogP contribution in [0.15, 0.2) is 33.5 Å². The van der Waals surface area contributed by atoms with Gasteiger partial charge in [0.1, 0.15) is 16.9 Å². The van der Waals surface area contributed by atoms with Gasteiger partial charge in [-0.2, -0.15) is 0 Å². The van der Waals surface area contributed by atoms with Crippen LogP contribution in [0.1, 0.15) is 45.6 Å². The van der Waals surface area contributed by atoms with Gasteiger partial charge in [0.25, 0.3) is 0 Å². The molecule has 1 unspecified atom stereocenters. The number of carbonyl (C=O) groups is 2. The molecule has 2 fully saturated rings. The average molecular weight is 428 g/mol. The number of phenols is 1. The van der Waals surface area contributed by atoms with E-state index in [1.807, 2.05) is 25.7 Å². The molecule has 1 atom stereocenters. The standard InChI is InChI=1S/C23H28N2O6/c1-22(2,3)31-21(29)24-10-8-23(14-24)7-4-9-25(23)19(27)11-15-12-20(28)30-18-13-16(26)5-6-17(15)18/h5-6,12-13,26H,4,7-11,14H2,1-3H3. The second-order valence-electron chi connectivity index (χ2n) is 9.47. The molecule has 166 valence electrons. The van der Waals surface area contributed by atoms with E-state index >= 15 is 0 Å². The summed E-state index contributed by atoms with van der Waals surface area (Å²) in [5.74, 6) is -0.0886. The molecule has 1 aromatic carbocycles. The van der Waals surface area contributed by atoms with Crippen molar-refractivity contribution >= 4 is 23.0 Å². The molecular weight excluding hydrogens is 400 g/mol. The van der Waals surface area contributed by atoms with E-state index in [0.29, 0.717) is 37.0 Å². The maximum Gasteiger partial charge on any atom is 0.410 e. The third kappa shape index (κ3) is 4.24. The number of aromatic hydroxyl groups is 1. The predicted molar refractivity (Wildman–Crippen MR) is 114 cm³/mol. The Labute approximate surface area is 180 Å². The maximum absolute atomic E-state index is 13.3. The third-order valence-electron chi connectivity index (χ3n) is 6.04. The molecule has 0 radical (unpaired) electrons. The van der Waals surface area contributed by atoms with Gasteiger partial charge in [0.15, 0.2) is 0 Å². The molecule has 2 aliphatic rings. The molecule has 8 heteroatoms. The molecule has 1 spiro atoms. The van der Waals surface area contributed by atoms with Crippen molar-refractivity contribution in [1.29, 1.82) is 0 Å². The molecule has 0 aliphatic carbocycles. The first-order valence-electron chi connectivity index (χ1n) is 10.6. The highest BCUT2D eigenvalue weighted by atomic mass is 16.6. The SMILES string of the molecule is CC(C)(C)OC(=O)N1CCC2(CCCN2C(=O)Cc2cc(=O)oc3cc(O)ccc23)C1. The molecule has 2 aliphatic heterocycles. The van der Waals surface area contributed by atoms with E-state index in [9.17, 15) is 19.5 Å². The van der Waals surface area contributed by atoms with Crippen LogP contribution < -0.4 is 5.63 Å². The molecule has 4 rings (SSSR count). The van der Waals surface area contributed by atoms with Gasteiger partial charge in [-0.15, -0.1) is 0 Å². The van der Waals surface area contributed by atoms with Crippen LogP contribution >= 0.6 is 0 Å². The summed E-state index contributed by atoms with van der Waals surface area (Å²) in [6.45, 7) is 7.14. The van der Waals surface area contributed by atoms with Crippen LogP contribution in [0.2, 0.25) is 0 Å². The van der Waals surface area contributed by atoms with Crippen molar-refractivity contribution in [3.05, 3.63) is 40.2 Å². The molecule has 1 N–H and O–H groups in total. The van der Waals surface area contributed by atoms with Gasteiger partial charge in [-0.05, 0) is 57.7 Å². The van der Waals surface area contributed by atoms with Crippen molar-refractivity contribution in [2.24, 2.45) is 0 Å². The van der Waals surface area contributed by atoms with E-state index in [1.54, 1.807) is 11.0 Å². The molecular formula is C23H28N2O6. The smallest absolute Gasteiger partial charge is 0.410 e. The lowest BCUT2D eigenvalue weighted by atomic mass is 9.94. The number of fused-ring (bicyclic) bond motifs is 1. The zero-order valence-corrected chi connectivity index (χ0v) is 18.1. The van der Waals surface area contributed by atoms with Gasteiger partial charge in [-0.1, -0.05) is 0 Å². The number of amides is 2. The van der Waals surface area contributed by atoms with E-state index in [-0.39, 0.29) is 35.3 Å². The minimum absolute atomic E-state index is 0.00851. The summed E-state index contributed by atoms with van der Waals surface area (Å²) in [5.41, 5.74) is -0.693. The van der Waals surface area contributed by atoms with Crippen LogP contribution in [0.3, 0.4) is 0 Å². The molecule has 2 amide bonds. The van der Waals surface area contributed by atoms with Gasteiger partial charge in [-0.3, -0.25) is 4.79 Å². The Morgan fingerprint density at radius 1 is 1.19 bits per heavy atom. The molecule has 2 saturated heterocycles. The number of nitrogens with zero attached hydrogens (tertiary/aromatic N) is 2. The number of benzene rings is 1. The summed E-state index contributed by atoms with van der Waals surface area (Å²) in [5, 5.41) is 10.3. The van der Waals surface area contributed by atoms with E-state index in [1.165, 1.54) is 18.2 Å². The zero-order valence-electron chi connectivity index (χ0n) is 18.1. The Balaban J connectivity index is 1.54. The number of phenolic OH excluding ortho intramolecular Hbond substituents is 1. The summed E-state index contributed by atoms with van der Waals surface area (Å²) in [7, 11) is 0. The Bertz CT molecular complexity index is 1090. The highest BCUT2D eigenvalue weighted by Gasteiger charge is 2.49. The number of carbonyl (C=O) groups excluding carboxylic acids is 2. The average Bonchev–Trinajstić information content (AvgIpc) is 3.27. The van der Waals surface area contributed by atoms with Crippen molar-refractivity contribution in [1.82, 2.24) is 9.80 Å². The minimum atomic E-state index is -0.568. The van der Waals surface area contributed by atoms with Crippen LogP contribution in [0, 0.1) is 0 Å². The van der Waals surface area contributed by atoms with Crippen molar-refractivity contribution < 1.29 is 23.8 Å². The molecule has 1 aromatic heterocycles. The topological polar surface area (TPSA) is 100 Å². The number of rotatable bonds is 2. The monoisotopic (exact) mass is 428 g/mol. The highest BCUT2D eigenvalue weighted by molar-refractivity contribution is 5.88. The Kier molecular flexibility index (Phi) is 5.19. The first-order chi connectivity index (χ1) is 14.6. The van der Waals surface area contributed by atoms with E-state index < -0.39 is 11.2 Å². The lowest BCUT2D eigenvalue weighted by molar-refractivity contribution is -0.134. The van der Waals surface area contributed by atoms with Crippen LogP contribution in [-0.4, -0.2) is 57.7 Å². The Morgan fingerprint density at radius 3 is 2.71 bits per heavy atom. The molecule has 31 heavy (non-hydrogen) atoms. The van der Waals surface area contributed by atoms with Crippen molar-refractivity contribution in [2.75, 3.05) is 19.6 Å². The molecule has 8 nitrogen and oxygen atoms in total. The predicted octanol–water partition coefficient (Wildman–Crippen LogP) is 3.04. The largest absolute Gasteiger partial charge is 0.508 e. The maximum atomic E-state index is 13.3. The summed E-state index contributed by atoms with van der Waals surface area (Å²) in [6, 6.07) is 5.86. The summed E-state index contributed by atoms with van der Waals surface area (Å²) >= 11 is 0. The van der Waals surface area contributed by atoms with Crippen LogP contribution in [-0.2, 0) is 16.0 Å². The van der Waals surface area contributed by atoms with Gasteiger partial charge in [0.2, 0.25) is 5.91 Å². The van der Waals surface area contributed by atoms with Gasteiger partial charge < -0.3 is 24.1 Å². The fraction of sp³-hybridized carbons (Fsp3) is 0.522. The number of likely N-dealkylation sites (tertiary alicyclic amines) is 2. The van der Waals surface area contributed by atoms with Crippen LogP contribution in [0.25, 0.3) is 11.0 Å². The van der Waals surface area contributed by atoms with Crippen molar-refractivity contribution in [2.45, 2.75) is 57.6 Å². The lowest BCUT2D eigenvalue weighted by Crippen LogP contribution is -2.50. The van der Waals surface area contributed by atoms with Crippen molar-refractivity contribution in [3.63, 3.8) is 0 Å². The van der Waals surface area contributed by atoms with Crippen LogP contribution in [0.4, 0.5) is 4.79 Å². The van der Waals surface area contributed by atoms with Gasteiger partial charge >= 0.3 is 11.7 Å². The number of ether oxygens (including phenoxy) is 1. The van der Waals surface area contributed by atoms with E-state index in [0.717, 1.165) is 12.8 Å². The van der Waals surface area contributed by atoms with Crippen molar-refractivity contribution in [3.8, 4) is 5.75 Å². The Hall–Kier alpha value is -3.03. The summed E-state index contributed by atoms with van der Waals surface area (Å²) in [4.78, 5) is 41.4. The quantitative estimate of drug-likeness (QED) is 0.738. The van der Waals surface area contributed by atoms with Gasteiger partial charge in [0, 0.05) is 37.2 Å². The summed E-state index contributed by atoms with van der Waals surface area (Å²) in [6.07, 6.45) is 2.13. The molecule has 3 heterocycles. The van der Waals surface area contributed by atoms with E-state index in [4.69, 9.17) is 9.15 Å². The fourth-order valence-electron chi connectivity index (χ4n) is 4.71. The minimum Gasteiger partial charge on any atom is -0.508 e. The molecule has 2 aromatic rings. The number of hydrogen-bond donors (Lipinski definition) is 1. The van der Waals surface area contributed by atoms with Crippen LogP contribution in [0.5, 0.6) is 5.75 Å². The second kappa shape index (κ2) is 7.59. The molecule has 0 bridgehead atoms. The summed E-state index contributed by atoms with van der Waals surface area (Å²) < 4.78 is 10.7. The lowest BCUT2D eigenvalue weighted by Gasteiger charge is -2.35. The zero-order chi connectivity index (χ0) is 22.4. The first kappa shape index (κ1) is 21.2. The van der Waals surface area contributed by atoms with Gasteiger partial charge in [0.05, 0.1) is 12.0 Å². The third-order valence-corrected chi connectivity index (χ3v) is 6.04. The fourth-order valence-corrected chi connectivity index (χ4v) is 4.71. The second-order valence-corrected chi connectivity index (χ2v) is 9.47. The Morgan fingerprint density at radius 2 is 1.97 bits per heavy atom. The number of hydrogen-bond acceptors (Lipinski definition) is 6. The highest BCUT2D eigenvalue weighted by Crippen LogP contribution is 2.38. The normalized spacial score (nSPS) is 21.3. The molecule has 0 saturated carbocycles. The van der Waals surface area contributed by atoms with Gasteiger partial charge in [-0.25, -0.2) is 9.59 Å². The first-order valence-corrected chi connectivity index (χ1v) is 10.6. The van der Waals surface area contributed by atoms with E-state index in [2.05, 4.69) is 0 Å².